The molecule has 0 bridgehead atoms. The van der Waals surface area contributed by atoms with Gasteiger partial charge in [0, 0.05) is 33.8 Å². The number of fused-ring (bicyclic) bond motifs is 1. The molecule has 1 aliphatic heterocycles. The van der Waals surface area contributed by atoms with Crippen molar-refractivity contribution in [3.63, 3.8) is 0 Å². The van der Waals surface area contributed by atoms with Gasteiger partial charge in [0.1, 0.15) is 5.54 Å². The van der Waals surface area contributed by atoms with Gasteiger partial charge in [-0.25, -0.2) is 0 Å². The van der Waals surface area contributed by atoms with Gasteiger partial charge in [0.2, 0.25) is 11.8 Å². The Morgan fingerprint density at radius 2 is 1.85 bits per heavy atom. The van der Waals surface area contributed by atoms with Crippen LogP contribution in [-0.2, 0) is 21.5 Å². The van der Waals surface area contributed by atoms with Crippen molar-refractivity contribution < 1.29 is 9.59 Å². The summed E-state index contributed by atoms with van der Waals surface area (Å²) in [6, 6.07) is 12.6. The fourth-order valence-electron chi connectivity index (χ4n) is 5.04. The Balaban J connectivity index is 1.72. The molecule has 3 N–H and O–H groups in total. The Labute approximate surface area is 205 Å². The van der Waals surface area contributed by atoms with Gasteiger partial charge >= 0.3 is 0 Å². The second-order valence-electron chi connectivity index (χ2n) is 9.67. The molecule has 0 saturated heterocycles. The van der Waals surface area contributed by atoms with Gasteiger partial charge in [-0.1, -0.05) is 68.1 Å². The third-order valence-electron chi connectivity index (χ3n) is 6.58. The molecule has 1 saturated carbocycles. The zero-order chi connectivity index (χ0) is 23.6. The summed E-state index contributed by atoms with van der Waals surface area (Å²) in [5, 5.41) is 10.9. The van der Waals surface area contributed by atoms with Crippen molar-refractivity contribution in [3.8, 4) is 0 Å². The zero-order valence-electron chi connectivity index (χ0n) is 19.1. The molecule has 176 valence electrons. The van der Waals surface area contributed by atoms with Crippen LogP contribution in [0.1, 0.15) is 57.1 Å². The van der Waals surface area contributed by atoms with E-state index in [2.05, 4.69) is 29.8 Å². The maximum absolute atomic E-state index is 13.6. The van der Waals surface area contributed by atoms with Crippen molar-refractivity contribution in [1.29, 1.82) is 0 Å². The maximum atomic E-state index is 13.6. The van der Waals surface area contributed by atoms with E-state index in [4.69, 9.17) is 23.2 Å². The predicted molar refractivity (Wildman–Crippen MR) is 134 cm³/mol. The summed E-state index contributed by atoms with van der Waals surface area (Å²) in [5.41, 5.74) is 1.25. The van der Waals surface area contributed by atoms with E-state index in [1.54, 1.807) is 12.1 Å². The molecule has 5 nitrogen and oxygen atoms in total. The van der Waals surface area contributed by atoms with Gasteiger partial charge in [0.15, 0.2) is 0 Å². The number of halogens is 2. The summed E-state index contributed by atoms with van der Waals surface area (Å²) in [6.45, 7) is 4.17. The molecule has 2 aromatic rings. The van der Waals surface area contributed by atoms with Crippen LogP contribution >= 0.6 is 23.2 Å². The molecule has 0 radical (unpaired) electrons. The summed E-state index contributed by atoms with van der Waals surface area (Å²) in [5.74, 6) is 0.0349. The summed E-state index contributed by atoms with van der Waals surface area (Å²) < 4.78 is 0. The molecule has 1 heterocycles. The van der Waals surface area contributed by atoms with Crippen LogP contribution in [0.4, 0.5) is 5.69 Å². The minimum absolute atomic E-state index is 0.0451. The van der Waals surface area contributed by atoms with E-state index in [0.29, 0.717) is 28.6 Å². The number of amides is 2. The number of benzene rings is 2. The van der Waals surface area contributed by atoms with Crippen molar-refractivity contribution >= 4 is 40.7 Å². The fraction of sp³-hybridized carbons (Fsp3) is 0.462. The van der Waals surface area contributed by atoms with E-state index in [1.165, 1.54) is 0 Å². The molecule has 4 rings (SSSR count). The van der Waals surface area contributed by atoms with E-state index in [1.807, 2.05) is 30.3 Å². The van der Waals surface area contributed by atoms with Crippen LogP contribution in [0, 0.1) is 5.92 Å². The molecule has 2 amide bonds. The van der Waals surface area contributed by atoms with Gasteiger partial charge < -0.3 is 10.6 Å². The van der Waals surface area contributed by atoms with Crippen LogP contribution in [0.5, 0.6) is 0 Å². The summed E-state index contributed by atoms with van der Waals surface area (Å²) in [7, 11) is 0. The number of hydrogen-bond acceptors (Lipinski definition) is 3. The van der Waals surface area contributed by atoms with Crippen molar-refractivity contribution in [3.05, 3.63) is 63.6 Å². The average molecular weight is 488 g/mol. The monoisotopic (exact) mass is 487 g/mol. The molecular formula is C26H31Cl2N3O2. The summed E-state index contributed by atoms with van der Waals surface area (Å²) in [6.07, 6.45) is 5.28. The highest BCUT2D eigenvalue weighted by molar-refractivity contribution is 6.31. The quantitative estimate of drug-likeness (QED) is 0.463. The molecule has 2 aliphatic rings. The highest BCUT2D eigenvalue weighted by atomic mass is 35.5. The third kappa shape index (κ3) is 5.37. The van der Waals surface area contributed by atoms with Gasteiger partial charge in [0.05, 0.1) is 6.04 Å². The number of nitrogens with one attached hydrogen (secondary N) is 3. The molecule has 1 unspecified atom stereocenters. The SMILES string of the molecule is CC(C)C[C@H](NC1(Cc2cccc(Cl)c2)C(=O)Nc2cc(Cl)ccc21)C(=O)NC1CCCC1. The predicted octanol–water partition coefficient (Wildman–Crippen LogP) is 5.45. The Hall–Kier alpha value is -2.08. The Bertz CT molecular complexity index is 1040. The number of carbonyl (C=O) groups excluding carboxylic acids is 2. The van der Waals surface area contributed by atoms with Crippen LogP contribution in [0.3, 0.4) is 0 Å². The minimum atomic E-state index is -1.11. The van der Waals surface area contributed by atoms with E-state index in [-0.39, 0.29) is 23.8 Å². The van der Waals surface area contributed by atoms with Gasteiger partial charge in [-0.15, -0.1) is 0 Å². The topological polar surface area (TPSA) is 70.2 Å². The zero-order valence-corrected chi connectivity index (χ0v) is 20.6. The standard InChI is InChI=1S/C26H31Cl2N3O2/c1-16(2)12-23(24(32)29-20-8-3-4-9-20)31-26(15-17-6-5-7-18(27)13-17)21-11-10-19(28)14-22(21)30-25(26)33/h5-7,10-11,13-14,16,20,23,31H,3-4,8-9,12,15H2,1-2H3,(H,29,32)(H,30,33)/t23-,26?/m0/s1. The smallest absolute Gasteiger partial charge is 0.249 e. The first kappa shape index (κ1) is 24.1. The van der Waals surface area contributed by atoms with Gasteiger partial charge in [-0.3, -0.25) is 14.9 Å². The Morgan fingerprint density at radius 3 is 2.55 bits per heavy atom. The van der Waals surface area contributed by atoms with E-state index >= 15 is 0 Å². The second kappa shape index (κ2) is 10.0. The lowest BCUT2D eigenvalue weighted by Gasteiger charge is -2.34. The van der Waals surface area contributed by atoms with E-state index < -0.39 is 11.6 Å². The largest absolute Gasteiger partial charge is 0.352 e. The lowest BCUT2D eigenvalue weighted by Crippen LogP contribution is -2.59. The molecule has 1 aliphatic carbocycles. The Kier molecular flexibility index (Phi) is 7.32. The first-order chi connectivity index (χ1) is 15.8. The van der Waals surface area contributed by atoms with Crippen molar-refractivity contribution in [1.82, 2.24) is 10.6 Å². The van der Waals surface area contributed by atoms with Crippen LogP contribution in [0.15, 0.2) is 42.5 Å². The average Bonchev–Trinajstić information content (AvgIpc) is 3.33. The lowest BCUT2D eigenvalue weighted by atomic mass is 9.83. The first-order valence-corrected chi connectivity index (χ1v) is 12.5. The molecule has 2 atom stereocenters. The van der Waals surface area contributed by atoms with Crippen LogP contribution in [0.2, 0.25) is 10.0 Å². The van der Waals surface area contributed by atoms with Crippen molar-refractivity contribution in [2.24, 2.45) is 5.92 Å². The minimum Gasteiger partial charge on any atom is -0.352 e. The maximum Gasteiger partial charge on any atom is 0.249 e. The van der Waals surface area contributed by atoms with Gasteiger partial charge in [-0.2, -0.15) is 0 Å². The number of anilines is 1. The summed E-state index contributed by atoms with van der Waals surface area (Å²) in [4.78, 5) is 27.0. The van der Waals surface area contributed by atoms with E-state index in [9.17, 15) is 9.59 Å². The molecule has 33 heavy (non-hydrogen) atoms. The summed E-state index contributed by atoms with van der Waals surface area (Å²) >= 11 is 12.5. The first-order valence-electron chi connectivity index (χ1n) is 11.7. The Morgan fingerprint density at radius 1 is 1.12 bits per heavy atom. The highest BCUT2D eigenvalue weighted by Gasteiger charge is 2.49. The molecule has 2 aromatic carbocycles. The van der Waals surface area contributed by atoms with Crippen molar-refractivity contribution in [2.45, 2.75) is 70.0 Å². The molecular weight excluding hydrogens is 457 g/mol. The fourth-order valence-corrected chi connectivity index (χ4v) is 5.42. The van der Waals surface area contributed by atoms with E-state index in [0.717, 1.165) is 36.8 Å². The van der Waals surface area contributed by atoms with Crippen LogP contribution < -0.4 is 16.0 Å². The number of carbonyl (C=O) groups is 2. The molecule has 7 heteroatoms. The van der Waals surface area contributed by atoms with Crippen LogP contribution in [0.25, 0.3) is 0 Å². The molecule has 1 fully saturated rings. The van der Waals surface area contributed by atoms with Crippen molar-refractivity contribution in [2.75, 3.05) is 5.32 Å². The molecule has 0 spiro atoms. The lowest BCUT2D eigenvalue weighted by molar-refractivity contribution is -0.127. The van der Waals surface area contributed by atoms with Gasteiger partial charge in [-0.05, 0) is 55.0 Å². The van der Waals surface area contributed by atoms with Crippen LogP contribution in [-0.4, -0.2) is 23.9 Å². The third-order valence-corrected chi connectivity index (χ3v) is 7.05. The number of hydrogen-bond donors (Lipinski definition) is 3. The molecule has 0 aromatic heterocycles. The highest BCUT2D eigenvalue weighted by Crippen LogP contribution is 2.41. The normalized spacial score (nSPS) is 21.2. The van der Waals surface area contributed by atoms with Gasteiger partial charge in [0.25, 0.3) is 0 Å². The second-order valence-corrected chi connectivity index (χ2v) is 10.5. The number of rotatable bonds is 8.